The number of rotatable bonds is 4. The van der Waals surface area contributed by atoms with Crippen LogP contribution in [-0.2, 0) is 9.47 Å². The fraction of sp³-hybridized carbons (Fsp3) is 0.700. The van der Waals surface area contributed by atoms with E-state index in [-0.39, 0.29) is 12.1 Å². The van der Waals surface area contributed by atoms with Crippen molar-refractivity contribution in [1.82, 2.24) is 4.90 Å². The van der Waals surface area contributed by atoms with Gasteiger partial charge in [0.1, 0.15) is 0 Å². The number of hydrogen-bond donors (Lipinski definition) is 1. The molecule has 0 aromatic carbocycles. The first-order chi connectivity index (χ1) is 11.4. The highest BCUT2D eigenvalue weighted by atomic mass is 16.5. The van der Waals surface area contributed by atoms with E-state index in [1.54, 1.807) is 14.2 Å². The van der Waals surface area contributed by atoms with E-state index in [1.807, 2.05) is 6.08 Å². The number of piperidine rings is 1. The van der Waals surface area contributed by atoms with Crippen molar-refractivity contribution in [2.45, 2.75) is 52.2 Å². The molecule has 3 atom stereocenters. The molecule has 0 spiro atoms. The molecule has 0 bridgehead atoms. The lowest BCUT2D eigenvalue weighted by molar-refractivity contribution is -0.00132. The summed E-state index contributed by atoms with van der Waals surface area (Å²) in [5, 5.41) is 10.6. The van der Waals surface area contributed by atoms with E-state index < -0.39 is 0 Å². The standard InChI is InChI=1S/C20H33NO3/c1-14(2)10-16-13-21-9-8-15(3)11-20(24-5)19(23-4)7-6-17(21)12-18(16)22/h6-7,11,14,16-18,22H,8-10,12-13H2,1-5H3/b7-6?,15-11+,20-19?/t16-,17?,18?/m1/s1. The maximum Gasteiger partial charge on any atom is 0.160 e. The number of hydrogen-bond acceptors (Lipinski definition) is 4. The predicted molar refractivity (Wildman–Crippen MR) is 97.5 cm³/mol. The molecular weight excluding hydrogens is 302 g/mol. The van der Waals surface area contributed by atoms with Crippen molar-refractivity contribution >= 4 is 0 Å². The van der Waals surface area contributed by atoms with Gasteiger partial charge in [0.05, 0.1) is 20.3 Å². The van der Waals surface area contributed by atoms with Gasteiger partial charge in [-0.3, -0.25) is 4.90 Å². The third-order valence-corrected chi connectivity index (χ3v) is 5.06. The van der Waals surface area contributed by atoms with E-state index in [2.05, 4.69) is 37.8 Å². The van der Waals surface area contributed by atoms with Crippen LogP contribution in [0.3, 0.4) is 0 Å². The summed E-state index contributed by atoms with van der Waals surface area (Å²) in [4.78, 5) is 2.51. The van der Waals surface area contributed by atoms with Crippen LogP contribution in [-0.4, -0.2) is 49.5 Å². The zero-order valence-corrected chi connectivity index (χ0v) is 15.8. The minimum atomic E-state index is -0.227. The van der Waals surface area contributed by atoms with Crippen LogP contribution < -0.4 is 0 Å². The lowest BCUT2D eigenvalue weighted by Gasteiger charge is -2.42. The second kappa shape index (κ2) is 8.72. The lowest BCUT2D eigenvalue weighted by Crippen LogP contribution is -2.49. The number of methoxy groups -OCH3 is 2. The number of nitrogens with zero attached hydrogens (tertiary/aromatic N) is 1. The topological polar surface area (TPSA) is 41.9 Å². The van der Waals surface area contributed by atoms with Crippen molar-refractivity contribution in [2.75, 3.05) is 27.3 Å². The van der Waals surface area contributed by atoms with Crippen molar-refractivity contribution < 1.29 is 14.6 Å². The number of aliphatic hydroxyl groups excluding tert-OH is 1. The summed E-state index contributed by atoms with van der Waals surface area (Å²) in [7, 11) is 3.34. The molecule has 2 unspecified atom stereocenters. The van der Waals surface area contributed by atoms with Crippen molar-refractivity contribution in [2.24, 2.45) is 11.8 Å². The van der Waals surface area contributed by atoms with Gasteiger partial charge < -0.3 is 14.6 Å². The Morgan fingerprint density at radius 3 is 2.58 bits per heavy atom. The normalized spacial score (nSPS) is 31.5. The molecule has 4 heteroatoms. The summed E-state index contributed by atoms with van der Waals surface area (Å²) < 4.78 is 11.0. The van der Waals surface area contributed by atoms with E-state index >= 15 is 0 Å². The Morgan fingerprint density at radius 2 is 1.96 bits per heavy atom. The highest BCUT2D eigenvalue weighted by Gasteiger charge is 2.33. The molecule has 0 aliphatic carbocycles. The first-order valence-corrected chi connectivity index (χ1v) is 9.04. The predicted octanol–water partition coefficient (Wildman–Crippen LogP) is 3.49. The van der Waals surface area contributed by atoms with E-state index in [0.717, 1.165) is 43.9 Å². The smallest absolute Gasteiger partial charge is 0.160 e. The zero-order chi connectivity index (χ0) is 17.7. The lowest BCUT2D eigenvalue weighted by atomic mass is 9.84. The molecule has 1 saturated heterocycles. The Labute approximate surface area is 146 Å². The molecule has 24 heavy (non-hydrogen) atoms. The molecule has 0 aromatic rings. The van der Waals surface area contributed by atoms with Crippen LogP contribution in [0.1, 0.15) is 40.0 Å². The van der Waals surface area contributed by atoms with Crippen LogP contribution in [0.15, 0.2) is 35.3 Å². The van der Waals surface area contributed by atoms with Gasteiger partial charge in [-0.25, -0.2) is 0 Å². The van der Waals surface area contributed by atoms with Gasteiger partial charge in [0.25, 0.3) is 0 Å². The number of ether oxygens (including phenoxy) is 2. The van der Waals surface area contributed by atoms with E-state index in [0.29, 0.717) is 11.8 Å². The van der Waals surface area contributed by atoms with Crippen molar-refractivity contribution in [3.8, 4) is 0 Å². The van der Waals surface area contributed by atoms with Gasteiger partial charge in [-0.2, -0.15) is 0 Å². The van der Waals surface area contributed by atoms with Crippen LogP contribution in [0.4, 0.5) is 0 Å². The molecule has 2 aliphatic rings. The largest absolute Gasteiger partial charge is 0.493 e. The summed E-state index contributed by atoms with van der Waals surface area (Å²) in [6, 6.07) is 0.248. The van der Waals surface area contributed by atoms with Crippen LogP contribution >= 0.6 is 0 Å². The molecule has 0 saturated carbocycles. The molecule has 4 nitrogen and oxygen atoms in total. The highest BCUT2D eigenvalue weighted by Crippen LogP contribution is 2.29. The number of aliphatic hydroxyl groups is 1. The van der Waals surface area contributed by atoms with Gasteiger partial charge in [0.2, 0.25) is 0 Å². The quantitative estimate of drug-likeness (QED) is 0.854. The fourth-order valence-electron chi connectivity index (χ4n) is 3.74. The minimum Gasteiger partial charge on any atom is -0.493 e. The van der Waals surface area contributed by atoms with Crippen LogP contribution in [0.2, 0.25) is 0 Å². The van der Waals surface area contributed by atoms with E-state index in [1.165, 1.54) is 5.57 Å². The summed E-state index contributed by atoms with van der Waals surface area (Å²) in [5.74, 6) is 2.48. The SMILES string of the molecule is COC1=C(OC)/C=C(\C)CCN2C[C@@H](CC(C)C)C(O)CC2C=C1. The van der Waals surface area contributed by atoms with Gasteiger partial charge >= 0.3 is 0 Å². The molecule has 2 aliphatic heterocycles. The second-order valence-electron chi connectivity index (χ2n) is 7.49. The number of allylic oxidation sites excluding steroid dienone is 2. The molecular formula is C20H33NO3. The zero-order valence-electron chi connectivity index (χ0n) is 15.8. The van der Waals surface area contributed by atoms with E-state index in [4.69, 9.17) is 9.47 Å². The van der Waals surface area contributed by atoms with Gasteiger partial charge in [-0.1, -0.05) is 25.5 Å². The summed E-state index contributed by atoms with van der Waals surface area (Å²) in [6.45, 7) is 8.58. The van der Waals surface area contributed by atoms with Crippen LogP contribution in [0.25, 0.3) is 0 Å². The number of fused-ring (bicyclic) bond motifs is 1. The Balaban J connectivity index is 2.24. The second-order valence-corrected chi connectivity index (χ2v) is 7.49. The van der Waals surface area contributed by atoms with Crippen molar-refractivity contribution in [3.63, 3.8) is 0 Å². The Bertz CT molecular complexity index is 507. The average molecular weight is 335 g/mol. The molecule has 1 N–H and O–H groups in total. The highest BCUT2D eigenvalue weighted by molar-refractivity contribution is 5.28. The van der Waals surface area contributed by atoms with Crippen molar-refractivity contribution in [1.29, 1.82) is 0 Å². The first kappa shape index (κ1) is 19.1. The minimum absolute atomic E-state index is 0.227. The Kier molecular flexibility index (Phi) is 6.93. The molecule has 1 fully saturated rings. The molecule has 0 radical (unpaired) electrons. The first-order valence-electron chi connectivity index (χ1n) is 9.04. The van der Waals surface area contributed by atoms with Gasteiger partial charge in [-0.05, 0) is 50.2 Å². The monoisotopic (exact) mass is 335 g/mol. The third kappa shape index (κ3) is 4.87. The molecule has 0 amide bonds. The summed E-state index contributed by atoms with van der Waals surface area (Å²) >= 11 is 0. The van der Waals surface area contributed by atoms with Gasteiger partial charge in [0.15, 0.2) is 11.5 Å². The van der Waals surface area contributed by atoms with Gasteiger partial charge in [0, 0.05) is 19.1 Å². The maximum atomic E-state index is 10.6. The Morgan fingerprint density at radius 1 is 1.25 bits per heavy atom. The molecule has 2 rings (SSSR count). The average Bonchev–Trinajstić information content (AvgIpc) is 2.54. The Hall–Kier alpha value is -1.26. The van der Waals surface area contributed by atoms with Crippen LogP contribution in [0, 0.1) is 11.8 Å². The third-order valence-electron chi connectivity index (χ3n) is 5.06. The van der Waals surface area contributed by atoms with Crippen LogP contribution in [0.5, 0.6) is 0 Å². The van der Waals surface area contributed by atoms with Crippen molar-refractivity contribution in [3.05, 3.63) is 35.3 Å². The fourth-order valence-corrected chi connectivity index (χ4v) is 3.74. The molecule has 136 valence electrons. The van der Waals surface area contributed by atoms with Gasteiger partial charge in [-0.15, -0.1) is 0 Å². The molecule has 0 aromatic heterocycles. The molecule has 2 heterocycles. The van der Waals surface area contributed by atoms with E-state index in [9.17, 15) is 5.11 Å². The summed E-state index contributed by atoms with van der Waals surface area (Å²) in [5.41, 5.74) is 1.28. The summed E-state index contributed by atoms with van der Waals surface area (Å²) in [6.07, 6.45) is 8.85. The maximum absolute atomic E-state index is 10.6.